The summed E-state index contributed by atoms with van der Waals surface area (Å²) < 4.78 is 0. The van der Waals surface area contributed by atoms with Crippen LogP contribution in [0.5, 0.6) is 0 Å². The number of carbonyl (C=O) groups excluding carboxylic acids is 2. The molecule has 0 radical (unpaired) electrons. The van der Waals surface area contributed by atoms with Gasteiger partial charge in [0.15, 0.2) is 0 Å². The molecule has 0 saturated heterocycles. The van der Waals surface area contributed by atoms with Crippen molar-refractivity contribution in [1.29, 1.82) is 0 Å². The van der Waals surface area contributed by atoms with E-state index >= 15 is 0 Å². The van der Waals surface area contributed by atoms with Gasteiger partial charge >= 0.3 is 0 Å². The first-order valence-corrected chi connectivity index (χ1v) is 27.7. The molecule has 364 valence electrons. The van der Waals surface area contributed by atoms with Crippen molar-refractivity contribution in [1.82, 2.24) is 14.7 Å². The number of rotatable bonds is 49. The van der Waals surface area contributed by atoms with E-state index in [-0.39, 0.29) is 11.8 Å². The van der Waals surface area contributed by atoms with Gasteiger partial charge in [-0.25, -0.2) is 0 Å². The van der Waals surface area contributed by atoms with Gasteiger partial charge in [0.05, 0.1) is 0 Å². The molecule has 0 aromatic heterocycles. The predicted molar refractivity (Wildman–Crippen MR) is 269 cm³/mol. The number of aliphatic hydroxyl groups is 1. The van der Waals surface area contributed by atoms with Gasteiger partial charge in [-0.3, -0.25) is 9.59 Å². The average molecular weight is 863 g/mol. The minimum atomic E-state index is 0.233. The number of carbonyl (C=O) groups is 2. The molecule has 0 spiro atoms. The smallest absolute Gasteiger partial charge is 0.225 e. The van der Waals surface area contributed by atoms with Crippen LogP contribution in [0.15, 0.2) is 0 Å². The third-order valence-corrected chi connectivity index (χ3v) is 13.6. The van der Waals surface area contributed by atoms with E-state index in [1.165, 1.54) is 212 Å². The first-order chi connectivity index (χ1) is 29.9. The Morgan fingerprint density at radius 2 is 0.557 bits per heavy atom. The van der Waals surface area contributed by atoms with Crippen molar-refractivity contribution in [2.45, 2.75) is 278 Å². The van der Waals surface area contributed by atoms with Gasteiger partial charge in [0.2, 0.25) is 11.8 Å². The van der Waals surface area contributed by atoms with Crippen LogP contribution in [0.4, 0.5) is 0 Å². The Labute approximate surface area is 383 Å². The Balaban J connectivity index is 4.42. The molecule has 0 bridgehead atoms. The third kappa shape index (κ3) is 37.9. The quantitative estimate of drug-likeness (QED) is 0.0619. The van der Waals surface area contributed by atoms with E-state index in [4.69, 9.17) is 0 Å². The average Bonchev–Trinajstić information content (AvgIpc) is 3.26. The van der Waals surface area contributed by atoms with Gasteiger partial charge in [-0.15, -0.1) is 0 Å². The van der Waals surface area contributed by atoms with Crippen LogP contribution in [0, 0.1) is 11.8 Å². The summed E-state index contributed by atoms with van der Waals surface area (Å²) in [6.45, 7) is 14.8. The summed E-state index contributed by atoms with van der Waals surface area (Å²) in [7, 11) is 4.12. The minimum absolute atomic E-state index is 0.233. The van der Waals surface area contributed by atoms with Crippen LogP contribution < -0.4 is 0 Å². The molecule has 0 heterocycles. The molecule has 6 heteroatoms. The summed E-state index contributed by atoms with van der Waals surface area (Å²) in [6, 6.07) is 0. The maximum Gasteiger partial charge on any atom is 0.225 e. The molecule has 2 unspecified atom stereocenters. The van der Waals surface area contributed by atoms with Crippen LogP contribution in [-0.4, -0.2) is 85.0 Å². The zero-order chi connectivity index (χ0) is 44.9. The van der Waals surface area contributed by atoms with Gasteiger partial charge in [0.1, 0.15) is 0 Å². The van der Waals surface area contributed by atoms with Crippen LogP contribution in [0.1, 0.15) is 278 Å². The number of aliphatic hydroxyl groups excluding tert-OH is 1. The SMILES string of the molecule is CCCCCCCCC(CCCCCC)C(=O)N(C)CCCCCCCCN(CCCCCO)CCCCCCCCN(C)C(=O)C(CCCCCC)CCCCCCCC. The molecule has 0 fully saturated rings. The van der Waals surface area contributed by atoms with Crippen molar-refractivity contribution in [2.24, 2.45) is 11.8 Å². The van der Waals surface area contributed by atoms with Gasteiger partial charge in [-0.1, -0.05) is 207 Å². The second-order valence-corrected chi connectivity index (χ2v) is 19.6. The van der Waals surface area contributed by atoms with Crippen LogP contribution in [-0.2, 0) is 9.59 Å². The molecule has 0 aliphatic rings. The lowest BCUT2D eigenvalue weighted by Crippen LogP contribution is -2.33. The Kier molecular flexibility index (Phi) is 46.0. The van der Waals surface area contributed by atoms with E-state index in [0.29, 0.717) is 18.4 Å². The summed E-state index contributed by atoms with van der Waals surface area (Å²) >= 11 is 0. The van der Waals surface area contributed by atoms with Crippen molar-refractivity contribution in [3.05, 3.63) is 0 Å². The van der Waals surface area contributed by atoms with Crippen LogP contribution >= 0.6 is 0 Å². The molecule has 0 aliphatic carbocycles. The number of nitrogens with zero attached hydrogens (tertiary/aromatic N) is 3. The maximum absolute atomic E-state index is 13.5. The summed E-state index contributed by atoms with van der Waals surface area (Å²) in [6.07, 6.45) is 48.3. The summed E-state index contributed by atoms with van der Waals surface area (Å²) in [5.74, 6) is 1.29. The van der Waals surface area contributed by atoms with Gasteiger partial charge in [0.25, 0.3) is 0 Å². The van der Waals surface area contributed by atoms with Crippen molar-refractivity contribution in [3.63, 3.8) is 0 Å². The fraction of sp³-hybridized carbons (Fsp3) is 0.964. The molecule has 61 heavy (non-hydrogen) atoms. The van der Waals surface area contributed by atoms with Gasteiger partial charge in [0, 0.05) is 45.6 Å². The molecule has 6 nitrogen and oxygen atoms in total. The van der Waals surface area contributed by atoms with Gasteiger partial charge in [-0.2, -0.15) is 0 Å². The summed E-state index contributed by atoms with van der Waals surface area (Å²) in [4.78, 5) is 33.7. The van der Waals surface area contributed by atoms with Crippen molar-refractivity contribution < 1.29 is 14.7 Å². The number of unbranched alkanes of at least 4 members (excludes halogenated alkanes) is 28. The second-order valence-electron chi connectivity index (χ2n) is 19.6. The lowest BCUT2D eigenvalue weighted by molar-refractivity contribution is -0.135. The van der Waals surface area contributed by atoms with E-state index in [2.05, 4.69) is 56.5 Å². The van der Waals surface area contributed by atoms with E-state index in [9.17, 15) is 14.7 Å². The highest BCUT2D eigenvalue weighted by Crippen LogP contribution is 2.23. The van der Waals surface area contributed by atoms with Crippen molar-refractivity contribution in [2.75, 3.05) is 53.4 Å². The number of hydrogen-bond donors (Lipinski definition) is 1. The zero-order valence-corrected chi connectivity index (χ0v) is 42.6. The zero-order valence-electron chi connectivity index (χ0n) is 42.6. The predicted octanol–water partition coefficient (Wildman–Crippen LogP) is 15.7. The maximum atomic E-state index is 13.5. The molecule has 2 atom stereocenters. The molecular formula is C55H111N3O3. The molecule has 0 aromatic carbocycles. The van der Waals surface area contributed by atoms with Crippen LogP contribution in [0.3, 0.4) is 0 Å². The molecule has 1 N–H and O–H groups in total. The Morgan fingerprint density at radius 1 is 0.328 bits per heavy atom. The molecule has 0 aromatic rings. The Morgan fingerprint density at radius 3 is 0.852 bits per heavy atom. The van der Waals surface area contributed by atoms with E-state index in [1.807, 2.05) is 0 Å². The van der Waals surface area contributed by atoms with E-state index < -0.39 is 0 Å². The fourth-order valence-electron chi connectivity index (χ4n) is 9.35. The topological polar surface area (TPSA) is 64.1 Å². The Hall–Kier alpha value is -1.14. The van der Waals surface area contributed by atoms with Gasteiger partial charge < -0.3 is 19.8 Å². The van der Waals surface area contributed by atoms with Crippen molar-refractivity contribution >= 4 is 11.8 Å². The largest absolute Gasteiger partial charge is 0.396 e. The third-order valence-electron chi connectivity index (χ3n) is 13.6. The Bertz CT molecular complexity index is 849. The lowest BCUT2D eigenvalue weighted by Gasteiger charge is -2.24. The minimum Gasteiger partial charge on any atom is -0.396 e. The lowest BCUT2D eigenvalue weighted by atomic mass is 9.93. The number of amides is 2. The van der Waals surface area contributed by atoms with E-state index in [0.717, 1.165) is 71.0 Å². The highest BCUT2D eigenvalue weighted by molar-refractivity contribution is 5.79. The molecule has 2 amide bonds. The standard InChI is InChI=1S/C55H111N3O3/c1-7-11-15-19-25-34-44-52(42-32-17-13-9-3)54(60)56(5)46-36-27-21-23-29-38-48-58(50-40-31-41-51-59)49-39-30-24-22-28-37-47-57(6)55(61)53(43-33-18-14-10-4)45-35-26-20-16-12-8-2/h52-53,59H,7-51H2,1-6H3. The van der Waals surface area contributed by atoms with Gasteiger partial charge in [-0.05, 0) is 90.3 Å². The highest BCUT2D eigenvalue weighted by Gasteiger charge is 2.22. The summed E-state index contributed by atoms with van der Waals surface area (Å²) in [5.41, 5.74) is 0. The van der Waals surface area contributed by atoms with Crippen molar-refractivity contribution in [3.8, 4) is 0 Å². The van der Waals surface area contributed by atoms with Crippen LogP contribution in [0.25, 0.3) is 0 Å². The second kappa shape index (κ2) is 46.8. The normalized spacial score (nSPS) is 12.7. The molecule has 0 aliphatic heterocycles. The number of hydrogen-bond acceptors (Lipinski definition) is 4. The van der Waals surface area contributed by atoms with E-state index in [1.54, 1.807) is 0 Å². The molecule has 0 saturated carbocycles. The monoisotopic (exact) mass is 862 g/mol. The fourth-order valence-corrected chi connectivity index (χ4v) is 9.35. The molecular weight excluding hydrogens is 751 g/mol. The first kappa shape index (κ1) is 59.9. The molecule has 0 rings (SSSR count). The first-order valence-electron chi connectivity index (χ1n) is 27.7. The van der Waals surface area contributed by atoms with Crippen LogP contribution in [0.2, 0.25) is 0 Å². The summed E-state index contributed by atoms with van der Waals surface area (Å²) in [5, 5.41) is 9.28. The highest BCUT2D eigenvalue weighted by atomic mass is 16.3.